The third kappa shape index (κ3) is 5.70. The second kappa shape index (κ2) is 10.4. The van der Waals surface area contributed by atoms with Crippen LogP contribution in [0, 0.1) is 0 Å². The van der Waals surface area contributed by atoms with E-state index in [0.717, 1.165) is 11.3 Å². The van der Waals surface area contributed by atoms with Crippen molar-refractivity contribution in [1.29, 1.82) is 0 Å². The number of rotatable bonds is 7. The number of benzene rings is 2. The van der Waals surface area contributed by atoms with Crippen LogP contribution in [0.25, 0.3) is 0 Å². The van der Waals surface area contributed by atoms with E-state index in [4.69, 9.17) is 33.7 Å². The summed E-state index contributed by atoms with van der Waals surface area (Å²) in [6.07, 6.45) is 1.64. The summed E-state index contributed by atoms with van der Waals surface area (Å²) < 4.78 is 5.13. The number of β-amino-alcohol motifs (C(OH)–C–C–N with tert-alkyl or cyclic N) is 1. The third-order valence-electron chi connectivity index (χ3n) is 6.36. The highest BCUT2D eigenvalue weighted by Gasteiger charge is 2.34. The molecule has 0 bridgehead atoms. The van der Waals surface area contributed by atoms with Crippen molar-refractivity contribution in [3.63, 3.8) is 0 Å². The highest BCUT2D eigenvalue weighted by atomic mass is 35.5. The van der Waals surface area contributed by atoms with E-state index in [1.807, 2.05) is 36.4 Å². The fourth-order valence-electron chi connectivity index (χ4n) is 4.48. The van der Waals surface area contributed by atoms with Gasteiger partial charge in [0.15, 0.2) is 0 Å². The van der Waals surface area contributed by atoms with Gasteiger partial charge < -0.3 is 20.5 Å². The van der Waals surface area contributed by atoms with Crippen LogP contribution in [0.5, 0.6) is 5.88 Å². The monoisotopic (exact) mass is 514 g/mol. The van der Waals surface area contributed by atoms with Crippen molar-refractivity contribution in [2.75, 3.05) is 38.2 Å². The Kier molecular flexibility index (Phi) is 7.52. The van der Waals surface area contributed by atoms with Gasteiger partial charge >= 0.3 is 0 Å². The lowest BCUT2D eigenvalue weighted by Gasteiger charge is -2.45. The van der Waals surface area contributed by atoms with E-state index < -0.39 is 11.5 Å². The van der Waals surface area contributed by atoms with Gasteiger partial charge in [-0.05, 0) is 48.9 Å². The van der Waals surface area contributed by atoms with Crippen LogP contribution in [0.4, 0.5) is 5.69 Å². The van der Waals surface area contributed by atoms with Crippen molar-refractivity contribution in [3.05, 3.63) is 87.5 Å². The Hall–Kier alpha value is -2.84. The predicted octanol–water partition coefficient (Wildman–Crippen LogP) is 4.27. The Morgan fingerprint density at radius 3 is 2.51 bits per heavy atom. The maximum absolute atomic E-state index is 11.6. The number of nitrogens with two attached hydrogens (primary N) is 1. The number of nitrogens with zero attached hydrogens (tertiary/aromatic N) is 3. The Balaban J connectivity index is 1.60. The number of carbonyl (C=O) groups excluding carboxylic acids is 1. The lowest BCUT2D eigenvalue weighted by molar-refractivity contribution is 0.00997. The minimum absolute atomic E-state index is 0.0530. The number of hydrogen-bond acceptors (Lipinski definition) is 6. The number of amides is 1. The fraction of sp³-hybridized carbons (Fsp3) is 0.308. The van der Waals surface area contributed by atoms with Crippen molar-refractivity contribution in [2.45, 2.75) is 18.6 Å². The van der Waals surface area contributed by atoms with Crippen molar-refractivity contribution >= 4 is 34.8 Å². The molecular formula is C26H28Cl2N4O3. The summed E-state index contributed by atoms with van der Waals surface area (Å²) in [5, 5.41) is 12.4. The number of pyridine rings is 1. The first-order valence-corrected chi connectivity index (χ1v) is 12.0. The number of ether oxygens (including phenoxy) is 1. The molecule has 1 aliphatic heterocycles. The van der Waals surface area contributed by atoms with Crippen molar-refractivity contribution in [1.82, 2.24) is 9.88 Å². The van der Waals surface area contributed by atoms with E-state index in [1.54, 1.807) is 38.4 Å². The zero-order valence-electron chi connectivity index (χ0n) is 19.6. The highest BCUT2D eigenvalue weighted by Crippen LogP contribution is 2.37. The summed E-state index contributed by atoms with van der Waals surface area (Å²) in [6.45, 7) is 4.24. The summed E-state index contributed by atoms with van der Waals surface area (Å²) in [5.74, 6) is -0.0204. The molecule has 2 heterocycles. The molecule has 4 rings (SSSR count). The zero-order valence-corrected chi connectivity index (χ0v) is 21.1. The molecule has 0 radical (unpaired) electrons. The van der Waals surface area contributed by atoms with Crippen molar-refractivity contribution < 1.29 is 14.6 Å². The molecule has 3 aromatic rings. The van der Waals surface area contributed by atoms with Gasteiger partial charge in [0, 0.05) is 54.6 Å². The van der Waals surface area contributed by atoms with Gasteiger partial charge in [-0.15, -0.1) is 0 Å². The third-order valence-corrected chi connectivity index (χ3v) is 6.91. The molecule has 35 heavy (non-hydrogen) atoms. The molecular weight excluding hydrogens is 487 g/mol. The molecule has 2 aromatic carbocycles. The van der Waals surface area contributed by atoms with Gasteiger partial charge in [0.25, 0.3) is 0 Å². The summed E-state index contributed by atoms with van der Waals surface area (Å²) in [6, 6.07) is 16.4. The first-order chi connectivity index (χ1) is 16.7. The minimum Gasteiger partial charge on any atom is -0.481 e. The molecule has 0 saturated carbocycles. The number of hydrogen-bond donors (Lipinski definition) is 2. The molecule has 1 saturated heterocycles. The van der Waals surface area contributed by atoms with Gasteiger partial charge in [-0.1, -0.05) is 35.3 Å². The molecule has 0 aliphatic carbocycles. The van der Waals surface area contributed by atoms with Crippen molar-refractivity contribution in [2.24, 2.45) is 5.73 Å². The summed E-state index contributed by atoms with van der Waals surface area (Å²) in [4.78, 5) is 20.3. The Morgan fingerprint density at radius 1 is 1.17 bits per heavy atom. The average Bonchev–Trinajstić information content (AvgIpc) is 2.84. The van der Waals surface area contributed by atoms with Crippen LogP contribution in [-0.4, -0.2) is 54.2 Å². The number of aromatic nitrogens is 1. The van der Waals surface area contributed by atoms with E-state index in [2.05, 4.69) is 14.8 Å². The largest absolute Gasteiger partial charge is 0.481 e. The lowest BCUT2D eigenvalue weighted by Crippen LogP contribution is -2.52. The number of methoxy groups -OCH3 is 1. The van der Waals surface area contributed by atoms with E-state index in [9.17, 15) is 9.90 Å². The highest BCUT2D eigenvalue weighted by molar-refractivity contribution is 6.33. The van der Waals surface area contributed by atoms with Crippen LogP contribution in [0.1, 0.15) is 34.5 Å². The standard InChI is InChI=1S/C26H28Cl2N4O3/c1-26(34,19-6-10-24(35-2)30-14-19)16-31-11-12-32(22-9-5-18(25(29)33)13-21(22)28)23(15-31)17-3-7-20(27)8-4-17/h3-10,13-14,23,34H,11-12,15-16H2,1-2H3,(H2,29,33)/t23-,26+/m0/s1. The number of piperazine rings is 1. The Labute approximate surface area is 215 Å². The number of aliphatic hydroxyl groups is 1. The molecule has 3 N–H and O–H groups in total. The van der Waals surface area contributed by atoms with Gasteiger partial charge in [0.1, 0.15) is 5.60 Å². The SMILES string of the molecule is COc1ccc([C@](C)(O)CN2CCN(c3ccc(C(N)=O)cc3Cl)[C@H](c3ccc(Cl)cc3)C2)cn1. The molecule has 2 atom stereocenters. The predicted molar refractivity (Wildman–Crippen MR) is 138 cm³/mol. The molecule has 0 spiro atoms. The van der Waals surface area contributed by atoms with Crippen LogP contribution < -0.4 is 15.4 Å². The number of anilines is 1. The first-order valence-electron chi connectivity index (χ1n) is 11.2. The Morgan fingerprint density at radius 2 is 1.91 bits per heavy atom. The van der Waals surface area contributed by atoms with E-state index >= 15 is 0 Å². The van der Waals surface area contributed by atoms with Crippen LogP contribution in [0.2, 0.25) is 10.0 Å². The molecule has 184 valence electrons. The minimum atomic E-state index is -1.10. The Bertz CT molecular complexity index is 1190. The topological polar surface area (TPSA) is 91.9 Å². The first kappa shape index (κ1) is 25.3. The second-order valence-corrected chi connectivity index (χ2v) is 9.73. The normalized spacial score (nSPS) is 18.2. The van der Waals surface area contributed by atoms with E-state index in [0.29, 0.717) is 53.2 Å². The van der Waals surface area contributed by atoms with Gasteiger partial charge in [-0.25, -0.2) is 4.98 Å². The second-order valence-electron chi connectivity index (χ2n) is 8.89. The van der Waals surface area contributed by atoms with Crippen LogP contribution in [0.3, 0.4) is 0 Å². The summed E-state index contributed by atoms with van der Waals surface area (Å²) in [7, 11) is 1.56. The van der Waals surface area contributed by atoms with Gasteiger partial charge in [0.05, 0.1) is 23.9 Å². The maximum atomic E-state index is 11.6. The average molecular weight is 515 g/mol. The lowest BCUT2D eigenvalue weighted by atomic mass is 9.95. The quantitative estimate of drug-likeness (QED) is 0.489. The number of primary amides is 1. The van der Waals surface area contributed by atoms with Gasteiger partial charge in [0.2, 0.25) is 11.8 Å². The zero-order chi connectivity index (χ0) is 25.2. The summed E-state index contributed by atoms with van der Waals surface area (Å²) >= 11 is 12.7. The molecule has 1 amide bonds. The van der Waals surface area contributed by atoms with E-state index in [1.165, 1.54) is 0 Å². The van der Waals surface area contributed by atoms with Crippen LogP contribution in [-0.2, 0) is 5.60 Å². The number of carbonyl (C=O) groups is 1. The molecule has 7 nitrogen and oxygen atoms in total. The number of halogens is 2. The van der Waals surface area contributed by atoms with Crippen molar-refractivity contribution in [3.8, 4) is 5.88 Å². The van der Waals surface area contributed by atoms with Crippen LogP contribution in [0.15, 0.2) is 60.8 Å². The maximum Gasteiger partial charge on any atom is 0.248 e. The molecule has 0 unspecified atom stereocenters. The fourth-order valence-corrected chi connectivity index (χ4v) is 4.90. The molecule has 9 heteroatoms. The molecule has 1 aromatic heterocycles. The van der Waals surface area contributed by atoms with Gasteiger partial charge in [-0.3, -0.25) is 9.69 Å². The van der Waals surface area contributed by atoms with Crippen LogP contribution >= 0.6 is 23.2 Å². The summed E-state index contributed by atoms with van der Waals surface area (Å²) in [5.41, 5.74) is 7.29. The molecule has 1 fully saturated rings. The molecule has 1 aliphatic rings. The smallest absolute Gasteiger partial charge is 0.248 e. The van der Waals surface area contributed by atoms with Gasteiger partial charge in [-0.2, -0.15) is 0 Å². The van der Waals surface area contributed by atoms with E-state index in [-0.39, 0.29) is 6.04 Å².